The lowest BCUT2D eigenvalue weighted by molar-refractivity contribution is 0.244. The van der Waals surface area contributed by atoms with E-state index in [-0.39, 0.29) is 5.41 Å². The number of rotatable bonds is 2. The maximum absolute atomic E-state index is 9.87. The predicted octanol–water partition coefficient (Wildman–Crippen LogP) is 4.90. The highest BCUT2D eigenvalue weighted by atomic mass is 16.3. The summed E-state index contributed by atoms with van der Waals surface area (Å²) < 4.78 is 0. The lowest BCUT2D eigenvalue weighted by atomic mass is 9.59. The number of hydrogen-bond donors (Lipinski definition) is 2. The quantitative estimate of drug-likeness (QED) is 0.827. The van der Waals surface area contributed by atoms with E-state index >= 15 is 0 Å². The molecule has 1 fully saturated rings. The molecule has 0 spiro atoms. The van der Waals surface area contributed by atoms with Gasteiger partial charge in [0.05, 0.1) is 0 Å². The Balaban J connectivity index is 2.18. The van der Waals surface area contributed by atoms with Gasteiger partial charge in [-0.2, -0.15) is 0 Å². The number of hydrogen-bond acceptors (Lipinski definition) is 2. The van der Waals surface area contributed by atoms with E-state index in [1.807, 2.05) is 13.0 Å². The highest BCUT2D eigenvalue weighted by Gasteiger charge is 2.41. The molecule has 0 bridgehead atoms. The van der Waals surface area contributed by atoms with Crippen LogP contribution in [0.1, 0.15) is 49.3 Å². The second-order valence-electron chi connectivity index (χ2n) is 6.67. The molecule has 2 aromatic carbocycles. The van der Waals surface area contributed by atoms with Crippen molar-refractivity contribution < 1.29 is 10.2 Å². The van der Waals surface area contributed by atoms with Crippen molar-refractivity contribution in [3.63, 3.8) is 0 Å². The molecule has 1 aliphatic rings. The first kappa shape index (κ1) is 15.0. The zero-order valence-corrected chi connectivity index (χ0v) is 13.3. The molecule has 0 saturated heterocycles. The molecule has 3 rings (SSSR count). The highest BCUT2D eigenvalue weighted by molar-refractivity contribution is 5.46. The number of phenols is 2. The van der Waals surface area contributed by atoms with E-state index in [0.29, 0.717) is 17.4 Å². The second-order valence-corrected chi connectivity index (χ2v) is 6.67. The first-order valence-electron chi connectivity index (χ1n) is 8.13. The summed E-state index contributed by atoms with van der Waals surface area (Å²) in [7, 11) is 0. The number of aromatic hydroxyl groups is 2. The van der Waals surface area contributed by atoms with Gasteiger partial charge in [-0.3, -0.25) is 0 Å². The maximum Gasteiger partial charge on any atom is 0.118 e. The molecular weight excluding hydrogens is 272 g/mol. The minimum Gasteiger partial charge on any atom is -0.508 e. The smallest absolute Gasteiger partial charge is 0.118 e. The van der Waals surface area contributed by atoms with Crippen LogP contribution in [0.5, 0.6) is 11.5 Å². The molecule has 2 nitrogen and oxygen atoms in total. The third kappa shape index (κ3) is 2.37. The van der Waals surface area contributed by atoms with E-state index < -0.39 is 0 Å². The molecule has 1 aliphatic carbocycles. The van der Waals surface area contributed by atoms with Crippen molar-refractivity contribution >= 4 is 0 Å². The number of aryl methyl sites for hydroxylation is 1. The van der Waals surface area contributed by atoms with Gasteiger partial charge in [-0.15, -0.1) is 0 Å². The lowest BCUT2D eigenvalue weighted by Crippen LogP contribution is -2.37. The molecule has 2 atom stereocenters. The van der Waals surface area contributed by atoms with Crippen LogP contribution in [-0.4, -0.2) is 10.2 Å². The monoisotopic (exact) mass is 296 g/mol. The number of benzene rings is 2. The van der Waals surface area contributed by atoms with Crippen LogP contribution in [0.15, 0.2) is 42.5 Å². The van der Waals surface area contributed by atoms with Crippen LogP contribution in [0.4, 0.5) is 0 Å². The fraction of sp³-hybridized carbons (Fsp3) is 0.400. The van der Waals surface area contributed by atoms with Crippen LogP contribution in [-0.2, 0) is 5.41 Å². The molecule has 0 radical (unpaired) electrons. The second kappa shape index (κ2) is 5.68. The fourth-order valence-electron chi connectivity index (χ4n) is 4.06. The Morgan fingerprint density at radius 1 is 0.955 bits per heavy atom. The van der Waals surface area contributed by atoms with Gasteiger partial charge in [-0.1, -0.05) is 44.0 Å². The molecule has 2 unspecified atom stereocenters. The van der Waals surface area contributed by atoms with Crippen LogP contribution in [0.2, 0.25) is 0 Å². The van der Waals surface area contributed by atoms with E-state index in [4.69, 9.17) is 0 Å². The summed E-state index contributed by atoms with van der Waals surface area (Å²) >= 11 is 0. The van der Waals surface area contributed by atoms with E-state index in [2.05, 4.69) is 31.2 Å². The summed E-state index contributed by atoms with van der Waals surface area (Å²) in [6, 6.07) is 13.7. The van der Waals surface area contributed by atoms with Crippen molar-refractivity contribution in [3.8, 4) is 11.5 Å². The standard InChI is InChI=1S/C20H24O2/c1-14-13-17(8-11-19(14)22)20(12-4-3-5-15(20)2)16-6-9-18(21)10-7-16/h6-11,13,15,21-22H,3-5,12H2,1-2H3. The van der Waals surface area contributed by atoms with E-state index in [9.17, 15) is 10.2 Å². The Bertz CT molecular complexity index is 660. The SMILES string of the molecule is Cc1cc(C2(c3ccc(O)cc3)CCCCC2C)ccc1O. The topological polar surface area (TPSA) is 40.5 Å². The minimum atomic E-state index is -0.0234. The molecule has 2 aromatic rings. The summed E-state index contributed by atoms with van der Waals surface area (Å²) in [6.45, 7) is 4.28. The average molecular weight is 296 g/mol. The molecule has 0 aromatic heterocycles. The maximum atomic E-state index is 9.87. The number of phenolic OH excluding ortho intramolecular Hbond substituents is 2. The van der Waals surface area contributed by atoms with Crippen LogP contribution >= 0.6 is 0 Å². The Morgan fingerprint density at radius 2 is 1.64 bits per heavy atom. The van der Waals surface area contributed by atoms with Gasteiger partial charge >= 0.3 is 0 Å². The summed E-state index contributed by atoms with van der Waals surface area (Å²) in [5.74, 6) is 1.20. The molecule has 2 heteroatoms. The Hall–Kier alpha value is -1.96. The Morgan fingerprint density at radius 3 is 2.27 bits per heavy atom. The van der Waals surface area contributed by atoms with Crippen LogP contribution in [0.3, 0.4) is 0 Å². The van der Waals surface area contributed by atoms with Gasteiger partial charge in [0.25, 0.3) is 0 Å². The Labute approximate surface area is 132 Å². The molecule has 0 heterocycles. The van der Waals surface area contributed by atoms with Crippen LogP contribution < -0.4 is 0 Å². The molecule has 1 saturated carbocycles. The van der Waals surface area contributed by atoms with Crippen LogP contribution in [0.25, 0.3) is 0 Å². The molecule has 0 amide bonds. The van der Waals surface area contributed by atoms with Gasteiger partial charge in [0, 0.05) is 5.41 Å². The first-order valence-corrected chi connectivity index (χ1v) is 8.13. The largest absolute Gasteiger partial charge is 0.508 e. The van der Waals surface area contributed by atoms with E-state index in [1.165, 1.54) is 30.4 Å². The van der Waals surface area contributed by atoms with Crippen molar-refractivity contribution in [1.82, 2.24) is 0 Å². The van der Waals surface area contributed by atoms with Crippen molar-refractivity contribution in [2.24, 2.45) is 5.92 Å². The zero-order chi connectivity index (χ0) is 15.7. The average Bonchev–Trinajstić information content (AvgIpc) is 2.52. The van der Waals surface area contributed by atoms with Gasteiger partial charge in [0.15, 0.2) is 0 Å². The van der Waals surface area contributed by atoms with Gasteiger partial charge in [0.1, 0.15) is 11.5 Å². The summed E-state index contributed by atoms with van der Waals surface area (Å²) in [5, 5.41) is 19.5. The minimum absolute atomic E-state index is 0.0234. The van der Waals surface area contributed by atoms with Crippen molar-refractivity contribution in [3.05, 3.63) is 59.2 Å². The molecular formula is C20H24O2. The van der Waals surface area contributed by atoms with Gasteiger partial charge in [-0.05, 0) is 60.6 Å². The first-order chi connectivity index (χ1) is 10.5. The van der Waals surface area contributed by atoms with Gasteiger partial charge in [-0.25, -0.2) is 0 Å². The molecule has 2 N–H and O–H groups in total. The van der Waals surface area contributed by atoms with E-state index in [1.54, 1.807) is 12.1 Å². The third-order valence-corrected chi connectivity index (χ3v) is 5.39. The van der Waals surface area contributed by atoms with Gasteiger partial charge in [0.2, 0.25) is 0 Å². The molecule has 116 valence electrons. The van der Waals surface area contributed by atoms with Crippen molar-refractivity contribution in [1.29, 1.82) is 0 Å². The van der Waals surface area contributed by atoms with Crippen molar-refractivity contribution in [2.75, 3.05) is 0 Å². The Kier molecular flexibility index (Phi) is 3.86. The molecule has 0 aliphatic heterocycles. The predicted molar refractivity (Wildman–Crippen MR) is 89.4 cm³/mol. The normalized spacial score (nSPS) is 25.1. The van der Waals surface area contributed by atoms with Crippen LogP contribution in [0, 0.1) is 12.8 Å². The highest BCUT2D eigenvalue weighted by Crippen LogP contribution is 2.49. The molecule has 22 heavy (non-hydrogen) atoms. The summed E-state index contributed by atoms with van der Waals surface area (Å²) in [5.41, 5.74) is 3.45. The third-order valence-electron chi connectivity index (χ3n) is 5.39. The summed E-state index contributed by atoms with van der Waals surface area (Å²) in [4.78, 5) is 0. The van der Waals surface area contributed by atoms with Crippen molar-refractivity contribution in [2.45, 2.75) is 44.9 Å². The summed E-state index contributed by atoms with van der Waals surface area (Å²) in [6.07, 6.45) is 4.81. The van der Waals surface area contributed by atoms with Gasteiger partial charge < -0.3 is 10.2 Å². The fourth-order valence-corrected chi connectivity index (χ4v) is 4.06. The lowest BCUT2D eigenvalue weighted by Gasteiger charge is -2.44. The zero-order valence-electron chi connectivity index (χ0n) is 13.3. The van der Waals surface area contributed by atoms with E-state index in [0.717, 1.165) is 12.0 Å².